The van der Waals surface area contributed by atoms with Gasteiger partial charge in [-0.3, -0.25) is 0 Å². The maximum Gasteiger partial charge on any atom is 0.218 e. The average molecular weight is 342 g/mol. The van der Waals surface area contributed by atoms with E-state index in [0.29, 0.717) is 26.2 Å². The average Bonchev–Trinajstić information content (AvgIpc) is 2.53. The van der Waals surface area contributed by atoms with Crippen LogP contribution in [-0.2, 0) is 15.8 Å². The van der Waals surface area contributed by atoms with Crippen molar-refractivity contribution in [1.29, 1.82) is 0 Å². The number of nitrogens with one attached hydrogen (secondary N) is 1. The summed E-state index contributed by atoms with van der Waals surface area (Å²) in [6.07, 6.45) is 1.02. The molecule has 2 rings (SSSR count). The van der Waals surface area contributed by atoms with Crippen molar-refractivity contribution in [2.24, 2.45) is 0 Å². The van der Waals surface area contributed by atoms with Gasteiger partial charge in [0.2, 0.25) is 10.0 Å². The summed E-state index contributed by atoms with van der Waals surface area (Å²) in [6.45, 7) is 5.20. The van der Waals surface area contributed by atoms with Crippen molar-refractivity contribution in [3.63, 3.8) is 0 Å². The molecule has 1 aromatic rings. The van der Waals surface area contributed by atoms with E-state index in [1.54, 1.807) is 4.31 Å². The zero-order chi connectivity index (χ0) is 16.0. The van der Waals surface area contributed by atoms with Crippen molar-refractivity contribution < 1.29 is 8.42 Å². The second-order valence-electron chi connectivity index (χ2n) is 5.36. The highest BCUT2D eigenvalue weighted by atomic mass is 32.2. The summed E-state index contributed by atoms with van der Waals surface area (Å²) in [5.41, 5.74) is 0.824. The minimum atomic E-state index is -3.26. The van der Waals surface area contributed by atoms with Crippen LogP contribution in [0.25, 0.3) is 0 Å². The third-order valence-corrected chi connectivity index (χ3v) is 5.89. The van der Waals surface area contributed by atoms with Gasteiger partial charge in [-0.2, -0.15) is 4.31 Å². The van der Waals surface area contributed by atoms with Crippen LogP contribution in [-0.4, -0.2) is 55.5 Å². The quantitative estimate of drug-likeness (QED) is 0.821. The molecule has 0 radical (unpaired) electrons. The molecule has 22 heavy (non-hydrogen) atoms. The lowest BCUT2D eigenvalue weighted by molar-refractivity contribution is 0.264. The summed E-state index contributed by atoms with van der Waals surface area (Å²) in [5.74, 6) is 0.0619. The zero-order valence-electron chi connectivity index (χ0n) is 12.9. The van der Waals surface area contributed by atoms with E-state index in [0.717, 1.165) is 23.6 Å². The number of thiocarbonyl (C=S) groups is 1. The summed E-state index contributed by atoms with van der Waals surface area (Å²) >= 11 is 5.32. The number of hydrogen-bond acceptors (Lipinski definition) is 3. The van der Waals surface area contributed by atoms with Crippen molar-refractivity contribution in [1.82, 2.24) is 14.5 Å². The number of rotatable bonds is 5. The first-order valence-electron chi connectivity index (χ1n) is 7.57. The molecule has 0 atom stereocenters. The molecule has 5 nitrogen and oxygen atoms in total. The number of benzene rings is 1. The largest absolute Gasteiger partial charge is 0.363 e. The monoisotopic (exact) mass is 341 g/mol. The van der Waals surface area contributed by atoms with Gasteiger partial charge in [-0.05, 0) is 24.2 Å². The van der Waals surface area contributed by atoms with Crippen LogP contribution in [0.1, 0.15) is 18.9 Å². The number of sulfonamides is 1. The second-order valence-corrected chi connectivity index (χ2v) is 7.72. The Bertz CT molecular complexity index is 582. The van der Waals surface area contributed by atoms with E-state index < -0.39 is 10.0 Å². The van der Waals surface area contributed by atoms with Crippen LogP contribution in [0, 0.1) is 0 Å². The van der Waals surface area contributed by atoms with Crippen LogP contribution in [0.4, 0.5) is 0 Å². The molecular weight excluding hydrogens is 318 g/mol. The van der Waals surface area contributed by atoms with E-state index in [2.05, 4.69) is 12.2 Å². The van der Waals surface area contributed by atoms with E-state index in [9.17, 15) is 8.42 Å². The van der Waals surface area contributed by atoms with Gasteiger partial charge in [0.05, 0.1) is 5.75 Å². The molecular formula is C15H23N3O2S2. The van der Waals surface area contributed by atoms with Crippen molar-refractivity contribution in [3.05, 3.63) is 35.9 Å². The molecule has 0 spiro atoms. The Morgan fingerprint density at radius 1 is 1.18 bits per heavy atom. The molecule has 0 bridgehead atoms. The highest BCUT2D eigenvalue weighted by Crippen LogP contribution is 2.13. The number of nitrogens with zero attached hydrogens (tertiary/aromatic N) is 2. The standard InChI is InChI=1S/C15H23N3O2S2/c1-2-8-16-15(21)17-9-11-18(12-10-17)22(19,20)13-14-6-4-3-5-7-14/h3-7H,2,8-13H2,1H3,(H,16,21). The van der Waals surface area contributed by atoms with E-state index in [-0.39, 0.29) is 5.75 Å². The molecule has 1 aliphatic rings. The van der Waals surface area contributed by atoms with Crippen LogP contribution in [0.5, 0.6) is 0 Å². The maximum absolute atomic E-state index is 12.5. The van der Waals surface area contributed by atoms with Gasteiger partial charge < -0.3 is 10.2 Å². The highest BCUT2D eigenvalue weighted by molar-refractivity contribution is 7.88. The summed E-state index contributed by atoms with van der Waals surface area (Å²) in [6, 6.07) is 9.30. The molecule has 0 saturated carbocycles. The van der Waals surface area contributed by atoms with E-state index in [4.69, 9.17) is 12.2 Å². The first-order valence-corrected chi connectivity index (χ1v) is 9.59. The summed E-state index contributed by atoms with van der Waals surface area (Å²) in [4.78, 5) is 2.04. The molecule has 0 aromatic heterocycles. The Balaban J connectivity index is 1.89. The third-order valence-electron chi connectivity index (χ3n) is 3.64. The topological polar surface area (TPSA) is 52.6 Å². The predicted octanol–water partition coefficient (Wildman–Crippen LogP) is 1.42. The fourth-order valence-electron chi connectivity index (χ4n) is 2.39. The molecule has 1 fully saturated rings. The fourth-order valence-corrected chi connectivity index (χ4v) is 4.19. The van der Waals surface area contributed by atoms with E-state index >= 15 is 0 Å². The van der Waals surface area contributed by atoms with Gasteiger partial charge in [0.1, 0.15) is 0 Å². The Morgan fingerprint density at radius 2 is 1.82 bits per heavy atom. The van der Waals surface area contributed by atoms with Crippen molar-refractivity contribution in [2.45, 2.75) is 19.1 Å². The SMILES string of the molecule is CCCNC(=S)N1CCN(S(=O)(=O)Cc2ccccc2)CC1. The Kier molecular flexibility index (Phi) is 6.16. The van der Waals surface area contributed by atoms with Crippen LogP contribution in [0.2, 0.25) is 0 Å². The first-order chi connectivity index (χ1) is 10.5. The molecule has 1 saturated heterocycles. The van der Waals surface area contributed by atoms with E-state index in [1.807, 2.05) is 35.2 Å². The summed E-state index contributed by atoms with van der Waals surface area (Å²) in [7, 11) is -3.26. The smallest absolute Gasteiger partial charge is 0.218 e. The highest BCUT2D eigenvalue weighted by Gasteiger charge is 2.27. The van der Waals surface area contributed by atoms with Gasteiger partial charge in [0.25, 0.3) is 0 Å². The van der Waals surface area contributed by atoms with Crippen molar-refractivity contribution in [3.8, 4) is 0 Å². The molecule has 1 heterocycles. The Labute approximate surface area is 138 Å². The zero-order valence-corrected chi connectivity index (χ0v) is 14.5. The van der Waals surface area contributed by atoms with Crippen LogP contribution in [0.3, 0.4) is 0 Å². The third kappa shape index (κ3) is 4.66. The maximum atomic E-state index is 12.5. The molecule has 0 amide bonds. The molecule has 1 aromatic carbocycles. The Hall–Kier alpha value is -1.18. The first kappa shape index (κ1) is 17.2. The van der Waals surface area contributed by atoms with Crippen LogP contribution >= 0.6 is 12.2 Å². The van der Waals surface area contributed by atoms with Gasteiger partial charge >= 0.3 is 0 Å². The lowest BCUT2D eigenvalue weighted by Gasteiger charge is -2.35. The lowest BCUT2D eigenvalue weighted by atomic mass is 10.2. The van der Waals surface area contributed by atoms with E-state index in [1.165, 1.54) is 0 Å². The molecule has 1 aliphatic heterocycles. The Morgan fingerprint density at radius 3 is 2.41 bits per heavy atom. The molecule has 122 valence electrons. The van der Waals surface area contributed by atoms with Gasteiger partial charge in [-0.15, -0.1) is 0 Å². The molecule has 0 unspecified atom stereocenters. The predicted molar refractivity (Wildman–Crippen MR) is 93.1 cm³/mol. The minimum Gasteiger partial charge on any atom is -0.363 e. The van der Waals surface area contributed by atoms with Crippen molar-refractivity contribution in [2.75, 3.05) is 32.7 Å². The fraction of sp³-hybridized carbons (Fsp3) is 0.533. The minimum absolute atomic E-state index is 0.0619. The normalized spacial score (nSPS) is 16.5. The molecule has 0 aliphatic carbocycles. The summed E-state index contributed by atoms with van der Waals surface area (Å²) in [5, 5.41) is 3.91. The summed E-state index contributed by atoms with van der Waals surface area (Å²) < 4.78 is 26.5. The van der Waals surface area contributed by atoms with Crippen molar-refractivity contribution >= 4 is 27.4 Å². The van der Waals surface area contributed by atoms with Gasteiger partial charge in [0, 0.05) is 32.7 Å². The van der Waals surface area contributed by atoms with Gasteiger partial charge in [0.15, 0.2) is 5.11 Å². The molecule has 1 N–H and O–H groups in total. The van der Waals surface area contributed by atoms with Crippen LogP contribution < -0.4 is 5.32 Å². The molecule has 7 heteroatoms. The van der Waals surface area contributed by atoms with Gasteiger partial charge in [-0.25, -0.2) is 8.42 Å². The van der Waals surface area contributed by atoms with Crippen LogP contribution in [0.15, 0.2) is 30.3 Å². The second kappa shape index (κ2) is 7.89. The lowest BCUT2D eigenvalue weighted by Crippen LogP contribution is -2.53. The van der Waals surface area contributed by atoms with Gasteiger partial charge in [-0.1, -0.05) is 37.3 Å². The number of hydrogen-bond donors (Lipinski definition) is 1. The number of piperazine rings is 1.